The van der Waals surface area contributed by atoms with Crippen LogP contribution in [0.3, 0.4) is 0 Å². The van der Waals surface area contributed by atoms with Gasteiger partial charge in [0.1, 0.15) is 5.82 Å². The summed E-state index contributed by atoms with van der Waals surface area (Å²) in [5, 5.41) is 11.3. The van der Waals surface area contributed by atoms with Crippen LogP contribution in [0.5, 0.6) is 0 Å². The Bertz CT molecular complexity index is 724. The van der Waals surface area contributed by atoms with Gasteiger partial charge in [-0.15, -0.1) is 0 Å². The number of H-pyrrole nitrogens is 1. The van der Waals surface area contributed by atoms with Crippen molar-refractivity contribution in [2.75, 3.05) is 5.32 Å². The molecule has 0 saturated carbocycles. The lowest BCUT2D eigenvalue weighted by Crippen LogP contribution is -2.00. The van der Waals surface area contributed by atoms with Gasteiger partial charge in [-0.05, 0) is 39.7 Å². The highest BCUT2D eigenvalue weighted by Gasteiger charge is 2.04. The summed E-state index contributed by atoms with van der Waals surface area (Å²) in [5.41, 5.74) is 2.80. The van der Waals surface area contributed by atoms with Crippen LogP contribution in [0, 0.1) is 5.82 Å². The summed E-state index contributed by atoms with van der Waals surface area (Å²) in [6.45, 7) is 0.558. The molecule has 0 unspecified atom stereocenters. The van der Waals surface area contributed by atoms with E-state index in [-0.39, 0.29) is 5.82 Å². The van der Waals surface area contributed by atoms with Crippen molar-refractivity contribution in [3.8, 4) is 0 Å². The SMILES string of the molecule is Fc1cc(CNc2cccc3cn[nH]c23)ccc1Br. The zero-order chi connectivity index (χ0) is 13.2. The van der Waals surface area contributed by atoms with Gasteiger partial charge in [-0.3, -0.25) is 5.10 Å². The molecule has 1 aromatic heterocycles. The minimum absolute atomic E-state index is 0.251. The van der Waals surface area contributed by atoms with Crippen molar-refractivity contribution in [2.24, 2.45) is 0 Å². The molecule has 0 aliphatic rings. The van der Waals surface area contributed by atoms with Crippen molar-refractivity contribution < 1.29 is 4.39 Å². The molecule has 0 saturated heterocycles. The first-order valence-corrected chi connectivity index (χ1v) is 6.63. The van der Waals surface area contributed by atoms with Crippen molar-refractivity contribution in [2.45, 2.75) is 6.54 Å². The molecule has 0 spiro atoms. The Hall–Kier alpha value is -1.88. The molecule has 0 radical (unpaired) electrons. The number of halogens is 2. The molecular weight excluding hydrogens is 309 g/mol. The van der Waals surface area contributed by atoms with E-state index in [0.717, 1.165) is 22.2 Å². The topological polar surface area (TPSA) is 40.7 Å². The zero-order valence-electron chi connectivity index (χ0n) is 9.95. The van der Waals surface area contributed by atoms with E-state index in [9.17, 15) is 4.39 Å². The van der Waals surface area contributed by atoms with Crippen LogP contribution < -0.4 is 5.32 Å². The minimum atomic E-state index is -0.251. The third-order valence-corrected chi connectivity index (χ3v) is 3.59. The molecule has 0 aliphatic heterocycles. The molecular formula is C14H11BrFN3. The van der Waals surface area contributed by atoms with E-state index in [1.165, 1.54) is 6.07 Å². The Labute approximate surface area is 118 Å². The Morgan fingerprint density at radius 2 is 2.16 bits per heavy atom. The van der Waals surface area contributed by atoms with Crippen molar-refractivity contribution in [3.05, 3.63) is 58.4 Å². The van der Waals surface area contributed by atoms with Crippen molar-refractivity contribution in [1.29, 1.82) is 0 Å². The standard InChI is InChI=1S/C14H11BrFN3/c15-11-5-4-9(6-12(11)16)7-17-13-3-1-2-10-8-18-19-14(10)13/h1-6,8,17H,7H2,(H,18,19). The largest absolute Gasteiger partial charge is 0.379 e. The van der Waals surface area contributed by atoms with E-state index in [1.54, 1.807) is 12.3 Å². The number of hydrogen-bond donors (Lipinski definition) is 2. The van der Waals surface area contributed by atoms with Gasteiger partial charge in [0.05, 0.1) is 21.9 Å². The van der Waals surface area contributed by atoms with Gasteiger partial charge in [0, 0.05) is 11.9 Å². The molecule has 2 N–H and O–H groups in total. The summed E-state index contributed by atoms with van der Waals surface area (Å²) < 4.78 is 13.9. The molecule has 3 nitrogen and oxygen atoms in total. The van der Waals surface area contributed by atoms with E-state index < -0.39 is 0 Å². The van der Waals surface area contributed by atoms with E-state index in [0.29, 0.717) is 11.0 Å². The second-order valence-corrected chi connectivity index (χ2v) is 5.10. The van der Waals surface area contributed by atoms with Gasteiger partial charge < -0.3 is 5.32 Å². The molecule has 0 aliphatic carbocycles. The monoisotopic (exact) mass is 319 g/mol. The minimum Gasteiger partial charge on any atom is -0.379 e. The van der Waals surface area contributed by atoms with Crippen LogP contribution in [0.4, 0.5) is 10.1 Å². The number of nitrogens with one attached hydrogen (secondary N) is 2. The van der Waals surface area contributed by atoms with Gasteiger partial charge in [-0.1, -0.05) is 18.2 Å². The highest BCUT2D eigenvalue weighted by atomic mass is 79.9. The highest BCUT2D eigenvalue weighted by molar-refractivity contribution is 9.10. The fraction of sp³-hybridized carbons (Fsp3) is 0.0714. The Morgan fingerprint density at radius 1 is 1.26 bits per heavy atom. The van der Waals surface area contributed by atoms with Crippen molar-refractivity contribution in [1.82, 2.24) is 10.2 Å². The first kappa shape index (κ1) is 12.2. The quantitative estimate of drug-likeness (QED) is 0.763. The summed E-state index contributed by atoms with van der Waals surface area (Å²) in [7, 11) is 0. The summed E-state index contributed by atoms with van der Waals surface area (Å²) in [6, 6.07) is 11.0. The summed E-state index contributed by atoms with van der Waals surface area (Å²) in [5.74, 6) is -0.251. The van der Waals surface area contributed by atoms with Gasteiger partial charge in [0.2, 0.25) is 0 Å². The Balaban J connectivity index is 1.82. The van der Waals surface area contributed by atoms with Crippen LogP contribution in [0.15, 0.2) is 47.1 Å². The number of rotatable bonds is 3. The van der Waals surface area contributed by atoms with Crippen LogP contribution >= 0.6 is 15.9 Å². The molecule has 3 rings (SSSR count). The number of anilines is 1. The lowest BCUT2D eigenvalue weighted by molar-refractivity contribution is 0.619. The maximum absolute atomic E-state index is 13.4. The van der Waals surface area contributed by atoms with Gasteiger partial charge >= 0.3 is 0 Å². The molecule has 0 amide bonds. The Morgan fingerprint density at radius 3 is 3.00 bits per heavy atom. The van der Waals surface area contributed by atoms with Crippen LogP contribution in [-0.4, -0.2) is 10.2 Å². The number of fused-ring (bicyclic) bond motifs is 1. The lowest BCUT2D eigenvalue weighted by Gasteiger charge is -2.08. The number of aromatic nitrogens is 2. The van der Waals surface area contributed by atoms with Gasteiger partial charge in [0.15, 0.2) is 0 Å². The third kappa shape index (κ3) is 2.46. The van der Waals surface area contributed by atoms with Crippen LogP contribution in [-0.2, 0) is 6.54 Å². The molecule has 1 heterocycles. The number of aromatic amines is 1. The van der Waals surface area contributed by atoms with Crippen molar-refractivity contribution >= 4 is 32.5 Å². The molecule has 0 fully saturated rings. The first-order chi connectivity index (χ1) is 9.24. The molecule has 5 heteroatoms. The molecule has 0 atom stereocenters. The average Bonchev–Trinajstić information content (AvgIpc) is 2.89. The second kappa shape index (κ2) is 5.01. The maximum Gasteiger partial charge on any atom is 0.137 e. The summed E-state index contributed by atoms with van der Waals surface area (Å²) in [4.78, 5) is 0. The van der Waals surface area contributed by atoms with E-state index in [4.69, 9.17) is 0 Å². The number of nitrogens with zero attached hydrogens (tertiary/aromatic N) is 1. The molecule has 0 bridgehead atoms. The zero-order valence-corrected chi connectivity index (χ0v) is 11.5. The van der Waals surface area contributed by atoms with Gasteiger partial charge in [-0.25, -0.2) is 4.39 Å². The molecule has 2 aromatic carbocycles. The molecule has 96 valence electrons. The second-order valence-electron chi connectivity index (χ2n) is 4.24. The molecule has 3 aromatic rings. The van der Waals surface area contributed by atoms with E-state index >= 15 is 0 Å². The lowest BCUT2D eigenvalue weighted by atomic mass is 10.2. The van der Waals surface area contributed by atoms with E-state index in [2.05, 4.69) is 31.4 Å². The Kier molecular flexibility index (Phi) is 3.21. The van der Waals surface area contributed by atoms with Gasteiger partial charge in [0.25, 0.3) is 0 Å². The highest BCUT2D eigenvalue weighted by Crippen LogP contribution is 2.22. The van der Waals surface area contributed by atoms with Crippen LogP contribution in [0.2, 0.25) is 0 Å². The van der Waals surface area contributed by atoms with Crippen molar-refractivity contribution in [3.63, 3.8) is 0 Å². The summed E-state index contributed by atoms with van der Waals surface area (Å²) >= 11 is 3.14. The predicted molar refractivity (Wildman–Crippen MR) is 77.5 cm³/mol. The summed E-state index contributed by atoms with van der Waals surface area (Å²) in [6.07, 6.45) is 1.78. The number of benzene rings is 2. The molecule has 19 heavy (non-hydrogen) atoms. The smallest absolute Gasteiger partial charge is 0.137 e. The predicted octanol–water partition coefficient (Wildman–Crippen LogP) is 4.08. The van der Waals surface area contributed by atoms with E-state index in [1.807, 2.05) is 24.3 Å². The normalized spacial score (nSPS) is 10.8. The first-order valence-electron chi connectivity index (χ1n) is 5.84. The number of para-hydroxylation sites is 1. The fourth-order valence-electron chi connectivity index (χ4n) is 1.96. The maximum atomic E-state index is 13.4. The van der Waals surface area contributed by atoms with Crippen LogP contribution in [0.1, 0.15) is 5.56 Å². The third-order valence-electron chi connectivity index (χ3n) is 2.94. The fourth-order valence-corrected chi connectivity index (χ4v) is 2.21. The van der Waals surface area contributed by atoms with Crippen LogP contribution in [0.25, 0.3) is 10.9 Å². The average molecular weight is 320 g/mol. The van der Waals surface area contributed by atoms with Gasteiger partial charge in [-0.2, -0.15) is 5.10 Å². The number of hydrogen-bond acceptors (Lipinski definition) is 2.